The van der Waals surface area contributed by atoms with Crippen molar-refractivity contribution in [2.75, 3.05) is 33.2 Å². The molecule has 0 aromatic carbocycles. The second-order valence-electron chi connectivity index (χ2n) is 3.60. The number of nitrogens with zero attached hydrogens (tertiary/aromatic N) is 1. The average molecular weight is 186 g/mol. The zero-order chi connectivity index (χ0) is 10.3. The average Bonchev–Trinajstić information content (AvgIpc) is 2.60. The highest BCUT2D eigenvalue weighted by molar-refractivity contribution is 4.98. The molecule has 2 aliphatic heterocycles. The smallest absolute Gasteiger partial charge is 0.00940 e. The van der Waals surface area contributed by atoms with Crippen LogP contribution in [-0.4, -0.2) is 38.1 Å². The van der Waals surface area contributed by atoms with Gasteiger partial charge in [0.15, 0.2) is 0 Å². The van der Waals surface area contributed by atoms with Gasteiger partial charge in [0.2, 0.25) is 0 Å². The summed E-state index contributed by atoms with van der Waals surface area (Å²) in [7, 11) is 2.20. The zero-order valence-electron chi connectivity index (χ0n) is 9.98. The molecule has 2 heterocycles. The second-order valence-corrected chi connectivity index (χ2v) is 3.60. The van der Waals surface area contributed by atoms with Crippen molar-refractivity contribution >= 4 is 0 Å². The Kier molecular flexibility index (Phi) is 6.35. The van der Waals surface area contributed by atoms with Gasteiger partial charge < -0.3 is 10.2 Å². The Morgan fingerprint density at radius 1 is 1.08 bits per heavy atom. The maximum atomic E-state index is 3.41. The minimum Gasteiger partial charge on any atom is -0.316 e. The van der Waals surface area contributed by atoms with Gasteiger partial charge in [0, 0.05) is 25.0 Å². The topological polar surface area (TPSA) is 15.3 Å². The molecular weight excluding hydrogens is 160 g/mol. The fourth-order valence-corrected chi connectivity index (χ4v) is 2.16. The fraction of sp³-hybridized carbons (Fsp3) is 1.00. The standard InChI is InChI=1S/C7H14N2.2C2H6/c1-9-5-7(6-9)2-3-8-4-7;2*1-2/h8H,2-6H2,1H3;2*1-2H3. The second kappa shape index (κ2) is 6.39. The van der Waals surface area contributed by atoms with Crippen molar-refractivity contribution in [1.29, 1.82) is 0 Å². The summed E-state index contributed by atoms with van der Waals surface area (Å²) in [6.45, 7) is 13.1. The summed E-state index contributed by atoms with van der Waals surface area (Å²) < 4.78 is 0. The quantitative estimate of drug-likeness (QED) is 0.622. The molecule has 0 aromatic heterocycles. The van der Waals surface area contributed by atoms with Crippen LogP contribution in [0.4, 0.5) is 0 Å². The van der Waals surface area contributed by atoms with Gasteiger partial charge in [0.05, 0.1) is 0 Å². The van der Waals surface area contributed by atoms with Crippen LogP contribution in [0.3, 0.4) is 0 Å². The Labute approximate surface area is 83.7 Å². The van der Waals surface area contributed by atoms with E-state index in [0.717, 1.165) is 0 Å². The number of nitrogens with one attached hydrogen (secondary N) is 1. The highest BCUT2D eigenvalue weighted by atomic mass is 15.2. The van der Waals surface area contributed by atoms with Crippen LogP contribution in [0, 0.1) is 5.41 Å². The van der Waals surface area contributed by atoms with Gasteiger partial charge in [0.25, 0.3) is 0 Å². The fourth-order valence-electron chi connectivity index (χ4n) is 2.16. The van der Waals surface area contributed by atoms with E-state index in [-0.39, 0.29) is 0 Å². The van der Waals surface area contributed by atoms with Crippen molar-refractivity contribution in [3.8, 4) is 0 Å². The summed E-state index contributed by atoms with van der Waals surface area (Å²) in [6, 6.07) is 0. The molecule has 0 aromatic rings. The van der Waals surface area contributed by atoms with Crippen LogP contribution in [0.2, 0.25) is 0 Å². The van der Waals surface area contributed by atoms with E-state index in [1.54, 1.807) is 0 Å². The number of hydrogen-bond acceptors (Lipinski definition) is 2. The minimum absolute atomic E-state index is 0.703. The Morgan fingerprint density at radius 3 is 1.92 bits per heavy atom. The van der Waals surface area contributed by atoms with Gasteiger partial charge in [-0.3, -0.25) is 0 Å². The van der Waals surface area contributed by atoms with Crippen molar-refractivity contribution < 1.29 is 0 Å². The molecular formula is C11H26N2. The van der Waals surface area contributed by atoms with Crippen molar-refractivity contribution in [3.05, 3.63) is 0 Å². The van der Waals surface area contributed by atoms with Crippen molar-refractivity contribution in [2.45, 2.75) is 34.1 Å². The molecule has 2 fully saturated rings. The predicted molar refractivity (Wildman–Crippen MR) is 60.1 cm³/mol. The summed E-state index contributed by atoms with van der Waals surface area (Å²) in [5, 5.41) is 3.41. The highest BCUT2D eigenvalue weighted by Gasteiger charge is 2.42. The van der Waals surface area contributed by atoms with Gasteiger partial charge in [-0.1, -0.05) is 27.7 Å². The zero-order valence-corrected chi connectivity index (χ0v) is 9.98. The molecule has 2 heteroatoms. The molecule has 13 heavy (non-hydrogen) atoms. The largest absolute Gasteiger partial charge is 0.316 e. The SMILES string of the molecule is CC.CC.CN1CC2(CCNC2)C1. The van der Waals surface area contributed by atoms with Crippen LogP contribution >= 0.6 is 0 Å². The van der Waals surface area contributed by atoms with Crippen LogP contribution in [0.15, 0.2) is 0 Å². The molecule has 2 aliphatic rings. The summed E-state index contributed by atoms with van der Waals surface area (Å²) in [4.78, 5) is 2.40. The van der Waals surface area contributed by atoms with E-state index >= 15 is 0 Å². The van der Waals surface area contributed by atoms with E-state index in [1.807, 2.05) is 27.7 Å². The molecule has 0 atom stereocenters. The Balaban J connectivity index is 0.000000322. The molecule has 1 spiro atoms. The molecule has 0 bridgehead atoms. The molecule has 2 saturated heterocycles. The van der Waals surface area contributed by atoms with E-state index < -0.39 is 0 Å². The molecule has 0 amide bonds. The first-order chi connectivity index (χ1) is 6.31. The van der Waals surface area contributed by atoms with Crippen molar-refractivity contribution in [3.63, 3.8) is 0 Å². The Hall–Kier alpha value is -0.0800. The number of hydrogen-bond donors (Lipinski definition) is 1. The molecule has 80 valence electrons. The van der Waals surface area contributed by atoms with Crippen LogP contribution in [0.25, 0.3) is 0 Å². The molecule has 2 rings (SSSR count). The molecule has 0 radical (unpaired) electrons. The van der Waals surface area contributed by atoms with E-state index in [0.29, 0.717) is 5.41 Å². The molecule has 2 nitrogen and oxygen atoms in total. The first kappa shape index (κ1) is 12.9. The van der Waals surface area contributed by atoms with Crippen molar-refractivity contribution in [1.82, 2.24) is 10.2 Å². The van der Waals surface area contributed by atoms with E-state index in [9.17, 15) is 0 Å². The summed E-state index contributed by atoms with van der Waals surface area (Å²) in [5.74, 6) is 0. The van der Waals surface area contributed by atoms with E-state index in [1.165, 1.54) is 32.6 Å². The minimum atomic E-state index is 0.703. The van der Waals surface area contributed by atoms with Gasteiger partial charge >= 0.3 is 0 Å². The third-order valence-corrected chi connectivity index (χ3v) is 2.54. The lowest BCUT2D eigenvalue weighted by Crippen LogP contribution is -2.55. The van der Waals surface area contributed by atoms with Gasteiger partial charge in [-0.2, -0.15) is 0 Å². The monoisotopic (exact) mass is 186 g/mol. The van der Waals surface area contributed by atoms with Crippen molar-refractivity contribution in [2.24, 2.45) is 5.41 Å². The lowest BCUT2D eigenvalue weighted by Gasteiger charge is -2.45. The Bertz CT molecular complexity index is 109. The van der Waals surface area contributed by atoms with E-state index in [2.05, 4.69) is 17.3 Å². The van der Waals surface area contributed by atoms with E-state index in [4.69, 9.17) is 0 Å². The lowest BCUT2D eigenvalue weighted by atomic mass is 9.80. The molecule has 0 aliphatic carbocycles. The molecule has 0 saturated carbocycles. The maximum absolute atomic E-state index is 3.41. The Morgan fingerprint density at radius 2 is 1.62 bits per heavy atom. The van der Waals surface area contributed by atoms with Gasteiger partial charge in [-0.15, -0.1) is 0 Å². The lowest BCUT2D eigenvalue weighted by molar-refractivity contribution is 0.0409. The summed E-state index contributed by atoms with van der Waals surface area (Å²) >= 11 is 0. The van der Waals surface area contributed by atoms with Crippen LogP contribution in [0.1, 0.15) is 34.1 Å². The van der Waals surface area contributed by atoms with Gasteiger partial charge in [0.1, 0.15) is 0 Å². The van der Waals surface area contributed by atoms with Gasteiger partial charge in [-0.05, 0) is 20.0 Å². The maximum Gasteiger partial charge on any atom is 0.00940 e. The van der Waals surface area contributed by atoms with Gasteiger partial charge in [-0.25, -0.2) is 0 Å². The third-order valence-electron chi connectivity index (χ3n) is 2.54. The summed E-state index contributed by atoms with van der Waals surface area (Å²) in [5.41, 5.74) is 0.703. The number of rotatable bonds is 0. The first-order valence-corrected chi connectivity index (χ1v) is 5.70. The normalized spacial score (nSPS) is 23.8. The van der Waals surface area contributed by atoms with Crippen LogP contribution in [-0.2, 0) is 0 Å². The molecule has 1 N–H and O–H groups in total. The highest BCUT2D eigenvalue weighted by Crippen LogP contribution is 2.34. The molecule has 0 unspecified atom stereocenters. The predicted octanol–water partition coefficient (Wildman–Crippen LogP) is 1.96. The first-order valence-electron chi connectivity index (χ1n) is 5.70. The third kappa shape index (κ3) is 3.28. The number of likely N-dealkylation sites (tertiary alicyclic amines) is 1. The van der Waals surface area contributed by atoms with Crippen LogP contribution < -0.4 is 5.32 Å². The van der Waals surface area contributed by atoms with Crippen LogP contribution in [0.5, 0.6) is 0 Å². The summed E-state index contributed by atoms with van der Waals surface area (Å²) in [6.07, 6.45) is 1.40.